The molecule has 3 rings (SSSR count). The van der Waals surface area contributed by atoms with Crippen LogP contribution in [0.25, 0.3) is 0 Å². The largest absolute Gasteiger partial charge is 0.487 e. The molecule has 1 aromatic carbocycles. The molecule has 0 radical (unpaired) electrons. The predicted molar refractivity (Wildman–Crippen MR) is 83.9 cm³/mol. The third-order valence-electron chi connectivity index (χ3n) is 5.05. The molecular formula is C17H23BrO2. The van der Waals surface area contributed by atoms with Gasteiger partial charge in [-0.05, 0) is 49.8 Å². The molecule has 1 fully saturated rings. The summed E-state index contributed by atoms with van der Waals surface area (Å²) in [7, 11) is 0. The van der Waals surface area contributed by atoms with Gasteiger partial charge in [0.2, 0.25) is 0 Å². The lowest BCUT2D eigenvalue weighted by atomic mass is 9.83. The van der Waals surface area contributed by atoms with Crippen LogP contribution < -0.4 is 4.74 Å². The van der Waals surface area contributed by atoms with Crippen molar-refractivity contribution in [1.82, 2.24) is 0 Å². The van der Waals surface area contributed by atoms with Crippen molar-refractivity contribution in [1.29, 1.82) is 0 Å². The summed E-state index contributed by atoms with van der Waals surface area (Å²) >= 11 is 3.47. The molecule has 1 aromatic rings. The van der Waals surface area contributed by atoms with Crippen LogP contribution in [0.1, 0.15) is 63.5 Å². The maximum atomic E-state index is 10.5. The van der Waals surface area contributed by atoms with Crippen LogP contribution in [0.2, 0.25) is 0 Å². The molecule has 1 spiro atoms. The van der Waals surface area contributed by atoms with E-state index in [9.17, 15) is 5.11 Å². The normalized spacial score (nSPS) is 33.4. The van der Waals surface area contributed by atoms with Crippen LogP contribution in [0.15, 0.2) is 22.7 Å². The number of benzene rings is 1. The van der Waals surface area contributed by atoms with Gasteiger partial charge in [-0.2, -0.15) is 0 Å². The maximum Gasteiger partial charge on any atom is 0.126 e. The minimum absolute atomic E-state index is 0.135. The van der Waals surface area contributed by atoms with Gasteiger partial charge in [0.25, 0.3) is 0 Å². The third-order valence-corrected chi connectivity index (χ3v) is 5.55. The lowest BCUT2D eigenvalue weighted by molar-refractivity contribution is -0.0251. The molecule has 1 aliphatic heterocycles. The fraction of sp³-hybridized carbons (Fsp3) is 0.647. The summed E-state index contributed by atoms with van der Waals surface area (Å²) in [5.41, 5.74) is 0.797. The average molecular weight is 339 g/mol. The third kappa shape index (κ3) is 2.75. The van der Waals surface area contributed by atoms with Crippen molar-refractivity contribution < 1.29 is 9.84 Å². The SMILES string of the molecule is CCC1CCCC2(CC1)C[C@@H](O)c1cc(Br)ccc1O2. The fourth-order valence-electron chi connectivity index (χ4n) is 3.77. The molecule has 110 valence electrons. The molecule has 1 heterocycles. The van der Waals surface area contributed by atoms with Crippen molar-refractivity contribution in [3.63, 3.8) is 0 Å². The van der Waals surface area contributed by atoms with Crippen molar-refractivity contribution in [2.45, 2.75) is 63.6 Å². The highest BCUT2D eigenvalue weighted by Crippen LogP contribution is 2.47. The first kappa shape index (κ1) is 14.4. The van der Waals surface area contributed by atoms with Gasteiger partial charge in [-0.3, -0.25) is 0 Å². The van der Waals surface area contributed by atoms with Crippen LogP contribution >= 0.6 is 15.9 Å². The second-order valence-electron chi connectivity index (χ2n) is 6.39. The van der Waals surface area contributed by atoms with Crippen LogP contribution in [0.4, 0.5) is 0 Å². The van der Waals surface area contributed by atoms with Crippen molar-refractivity contribution in [3.8, 4) is 5.75 Å². The molecule has 2 aliphatic rings. The minimum Gasteiger partial charge on any atom is -0.487 e. The minimum atomic E-state index is -0.394. The Kier molecular flexibility index (Phi) is 4.09. The molecule has 0 bridgehead atoms. The molecule has 3 heteroatoms. The first-order chi connectivity index (χ1) is 9.62. The van der Waals surface area contributed by atoms with Crippen LogP contribution in [0.5, 0.6) is 5.75 Å². The van der Waals surface area contributed by atoms with Crippen molar-refractivity contribution in [2.75, 3.05) is 0 Å². The summed E-state index contributed by atoms with van der Waals surface area (Å²) in [6.45, 7) is 2.28. The molecule has 1 saturated carbocycles. The Balaban J connectivity index is 1.85. The molecule has 0 saturated heterocycles. The molecule has 2 nitrogen and oxygen atoms in total. The van der Waals surface area contributed by atoms with Crippen LogP contribution in [-0.2, 0) is 0 Å². The van der Waals surface area contributed by atoms with Crippen molar-refractivity contribution in [2.24, 2.45) is 5.92 Å². The monoisotopic (exact) mass is 338 g/mol. The highest BCUT2D eigenvalue weighted by atomic mass is 79.9. The second kappa shape index (κ2) is 5.69. The maximum absolute atomic E-state index is 10.5. The van der Waals surface area contributed by atoms with Gasteiger partial charge in [-0.15, -0.1) is 0 Å². The molecule has 20 heavy (non-hydrogen) atoms. The van der Waals surface area contributed by atoms with Gasteiger partial charge in [-0.25, -0.2) is 0 Å². The Morgan fingerprint density at radius 1 is 1.35 bits per heavy atom. The Morgan fingerprint density at radius 3 is 3.00 bits per heavy atom. The van der Waals surface area contributed by atoms with Crippen LogP contribution in [0, 0.1) is 5.92 Å². The average Bonchev–Trinajstić information content (AvgIpc) is 2.62. The highest BCUT2D eigenvalue weighted by molar-refractivity contribution is 9.10. The van der Waals surface area contributed by atoms with E-state index in [-0.39, 0.29) is 5.60 Å². The van der Waals surface area contributed by atoms with E-state index >= 15 is 0 Å². The van der Waals surface area contributed by atoms with Crippen molar-refractivity contribution >= 4 is 15.9 Å². The molecule has 1 aliphatic carbocycles. The molecule has 0 amide bonds. The van der Waals surface area contributed by atoms with Gasteiger partial charge in [0.05, 0.1) is 6.10 Å². The first-order valence-corrected chi connectivity index (χ1v) is 8.58. The number of hydrogen-bond donors (Lipinski definition) is 1. The molecular weight excluding hydrogens is 316 g/mol. The Bertz CT molecular complexity index is 488. The molecule has 2 unspecified atom stereocenters. The van der Waals surface area contributed by atoms with Crippen LogP contribution in [0.3, 0.4) is 0 Å². The van der Waals surface area contributed by atoms with E-state index in [1.807, 2.05) is 18.2 Å². The van der Waals surface area contributed by atoms with E-state index < -0.39 is 6.10 Å². The summed E-state index contributed by atoms with van der Waals surface area (Å²) in [4.78, 5) is 0. The zero-order valence-electron chi connectivity index (χ0n) is 12.1. The van der Waals surface area contributed by atoms with Gasteiger partial charge < -0.3 is 9.84 Å². The summed E-state index contributed by atoms with van der Waals surface area (Å²) in [6, 6.07) is 5.97. The lowest BCUT2D eigenvalue weighted by Gasteiger charge is -2.40. The predicted octanol–water partition coefficient (Wildman–Crippen LogP) is 4.99. The number of rotatable bonds is 1. The number of halogens is 1. The molecule has 3 atom stereocenters. The van der Waals surface area contributed by atoms with Gasteiger partial charge in [-0.1, -0.05) is 35.7 Å². The van der Waals surface area contributed by atoms with Gasteiger partial charge in [0.1, 0.15) is 11.4 Å². The number of hydrogen-bond acceptors (Lipinski definition) is 2. The van der Waals surface area contributed by atoms with E-state index in [0.717, 1.165) is 41.0 Å². The van der Waals surface area contributed by atoms with Crippen LogP contribution in [-0.4, -0.2) is 10.7 Å². The molecule has 0 aromatic heterocycles. The topological polar surface area (TPSA) is 29.5 Å². The van der Waals surface area contributed by atoms with E-state index in [1.54, 1.807) is 0 Å². The second-order valence-corrected chi connectivity index (χ2v) is 7.31. The van der Waals surface area contributed by atoms with Gasteiger partial charge in [0, 0.05) is 16.5 Å². The van der Waals surface area contributed by atoms with Crippen molar-refractivity contribution in [3.05, 3.63) is 28.2 Å². The standard InChI is InChI=1S/C17H23BrO2/c1-2-12-4-3-8-17(9-7-12)11-15(19)14-10-13(18)5-6-16(14)20-17/h5-6,10,12,15,19H,2-4,7-9,11H2,1H3/t12?,15-,17?/m1/s1. The first-order valence-electron chi connectivity index (χ1n) is 7.78. The zero-order chi connectivity index (χ0) is 14.2. The van der Waals surface area contributed by atoms with Gasteiger partial charge >= 0.3 is 0 Å². The van der Waals surface area contributed by atoms with E-state index in [2.05, 4.69) is 22.9 Å². The highest BCUT2D eigenvalue weighted by Gasteiger charge is 2.41. The quantitative estimate of drug-likeness (QED) is 0.781. The lowest BCUT2D eigenvalue weighted by Crippen LogP contribution is -2.40. The Morgan fingerprint density at radius 2 is 2.20 bits per heavy atom. The number of ether oxygens (including phenoxy) is 1. The van der Waals surface area contributed by atoms with E-state index in [1.165, 1.54) is 25.7 Å². The zero-order valence-corrected chi connectivity index (χ0v) is 13.7. The molecule has 1 N–H and O–H groups in total. The summed E-state index contributed by atoms with van der Waals surface area (Å²) in [5.74, 6) is 1.71. The summed E-state index contributed by atoms with van der Waals surface area (Å²) in [6.07, 6.45) is 7.54. The Hall–Kier alpha value is -0.540. The van der Waals surface area contributed by atoms with E-state index in [0.29, 0.717) is 0 Å². The fourth-order valence-corrected chi connectivity index (χ4v) is 4.15. The summed E-state index contributed by atoms with van der Waals surface area (Å²) in [5, 5.41) is 10.5. The van der Waals surface area contributed by atoms with E-state index in [4.69, 9.17) is 4.74 Å². The number of aliphatic hydroxyl groups is 1. The van der Waals surface area contributed by atoms with Gasteiger partial charge in [0.15, 0.2) is 0 Å². The number of fused-ring (bicyclic) bond motifs is 1. The smallest absolute Gasteiger partial charge is 0.126 e. The number of aliphatic hydroxyl groups excluding tert-OH is 1. The Labute approximate surface area is 129 Å². The summed E-state index contributed by atoms with van der Waals surface area (Å²) < 4.78 is 7.38.